The molecule has 0 aliphatic heterocycles. The highest BCUT2D eigenvalue weighted by molar-refractivity contribution is 5.71. The molecule has 9 nitrogen and oxygen atoms in total. The molecule has 0 saturated carbocycles. The van der Waals surface area contributed by atoms with E-state index in [4.69, 9.17) is 18.9 Å². The fraction of sp³-hybridized carbons (Fsp3) is 0.868. The third kappa shape index (κ3) is 32.4. The van der Waals surface area contributed by atoms with Crippen molar-refractivity contribution in [2.45, 2.75) is 167 Å². The number of ether oxygens (including phenoxy) is 4. The van der Waals surface area contributed by atoms with Crippen LogP contribution in [-0.4, -0.2) is 87.4 Å². The zero-order valence-corrected chi connectivity index (χ0v) is 30.9. The van der Waals surface area contributed by atoms with Crippen LogP contribution in [0.15, 0.2) is 12.2 Å². The first-order valence-electron chi connectivity index (χ1n) is 18.9. The number of quaternary nitrogens is 1. The minimum absolute atomic E-state index is 0.182. The van der Waals surface area contributed by atoms with Crippen LogP contribution in [0.4, 0.5) is 0 Å². The first-order chi connectivity index (χ1) is 22.6. The van der Waals surface area contributed by atoms with E-state index in [2.05, 4.69) is 26.0 Å². The lowest BCUT2D eigenvalue weighted by Gasteiger charge is -2.25. The van der Waals surface area contributed by atoms with E-state index in [1.807, 2.05) is 21.1 Å². The molecule has 47 heavy (non-hydrogen) atoms. The number of allylic oxidation sites excluding steroid dienone is 2. The van der Waals surface area contributed by atoms with Gasteiger partial charge in [-0.2, -0.15) is 0 Å². The Morgan fingerprint density at radius 3 is 1.57 bits per heavy atom. The normalized spacial score (nSPS) is 13.1. The molecule has 0 aliphatic carbocycles. The maximum atomic E-state index is 12.6. The number of rotatable bonds is 34. The number of esters is 2. The molecule has 0 aromatic heterocycles. The molecule has 2 unspecified atom stereocenters. The number of likely N-dealkylation sites (N-methyl/N-ethyl adjacent to an activating group) is 1. The molecule has 276 valence electrons. The average molecular weight is 671 g/mol. The second-order valence-corrected chi connectivity index (χ2v) is 13.9. The van der Waals surface area contributed by atoms with Crippen LogP contribution in [0.3, 0.4) is 0 Å². The summed E-state index contributed by atoms with van der Waals surface area (Å²) in [6, 6.07) is 0. The summed E-state index contributed by atoms with van der Waals surface area (Å²) >= 11 is 0. The van der Waals surface area contributed by atoms with E-state index in [1.165, 1.54) is 70.6 Å². The number of carbonyl (C=O) groups is 3. The van der Waals surface area contributed by atoms with Gasteiger partial charge in [0.25, 0.3) is 6.29 Å². The first-order valence-corrected chi connectivity index (χ1v) is 18.9. The highest BCUT2D eigenvalue weighted by atomic mass is 16.7. The first kappa shape index (κ1) is 45.0. The van der Waals surface area contributed by atoms with Crippen molar-refractivity contribution < 1.29 is 42.9 Å². The van der Waals surface area contributed by atoms with Gasteiger partial charge in [0.15, 0.2) is 6.10 Å². The van der Waals surface area contributed by atoms with Crippen LogP contribution in [0.2, 0.25) is 0 Å². The third-order valence-electron chi connectivity index (χ3n) is 8.02. The van der Waals surface area contributed by atoms with E-state index in [0.717, 1.165) is 51.4 Å². The maximum Gasteiger partial charge on any atom is 0.361 e. The van der Waals surface area contributed by atoms with Gasteiger partial charge in [-0.25, -0.2) is 4.79 Å². The molecule has 0 aromatic rings. The van der Waals surface area contributed by atoms with Gasteiger partial charge >= 0.3 is 17.9 Å². The maximum absolute atomic E-state index is 12.6. The summed E-state index contributed by atoms with van der Waals surface area (Å²) in [5.41, 5.74) is 0. The SMILES string of the molecule is CCCCCCCC/C=C\CCCCCCCC(=O)OC(COC(=O)CCCCCCCCC)COC(OCC[N+](C)(C)C)C(=O)O. The number of hydrogen-bond donors (Lipinski definition) is 1. The predicted octanol–water partition coefficient (Wildman–Crippen LogP) is 8.77. The van der Waals surface area contributed by atoms with Crippen molar-refractivity contribution in [1.82, 2.24) is 0 Å². The summed E-state index contributed by atoms with van der Waals surface area (Å²) in [6.45, 7) is 4.79. The van der Waals surface area contributed by atoms with E-state index >= 15 is 0 Å². The van der Waals surface area contributed by atoms with Gasteiger partial charge in [0.2, 0.25) is 0 Å². The molecule has 0 aromatic carbocycles. The van der Waals surface area contributed by atoms with Gasteiger partial charge < -0.3 is 28.5 Å². The van der Waals surface area contributed by atoms with Crippen LogP contribution in [0.25, 0.3) is 0 Å². The molecule has 0 bridgehead atoms. The quantitative estimate of drug-likeness (QED) is 0.0238. The Morgan fingerprint density at radius 1 is 0.617 bits per heavy atom. The Kier molecular flexibility index (Phi) is 30.0. The van der Waals surface area contributed by atoms with Crippen molar-refractivity contribution in [3.63, 3.8) is 0 Å². The Hall–Kier alpha value is -1.97. The number of carboxylic acids is 1. The molecular formula is C38H72NO8+. The van der Waals surface area contributed by atoms with Crippen LogP contribution in [0, 0.1) is 0 Å². The molecule has 1 N–H and O–H groups in total. The van der Waals surface area contributed by atoms with Crippen LogP contribution in [-0.2, 0) is 33.3 Å². The zero-order chi connectivity index (χ0) is 35.0. The topological polar surface area (TPSA) is 108 Å². The number of unbranched alkanes of at least 4 members (excludes halogenated alkanes) is 17. The lowest BCUT2D eigenvalue weighted by molar-refractivity contribution is -0.870. The second kappa shape index (κ2) is 31.3. The van der Waals surface area contributed by atoms with E-state index in [1.54, 1.807) is 0 Å². The molecule has 0 aliphatic rings. The van der Waals surface area contributed by atoms with Crippen LogP contribution >= 0.6 is 0 Å². The standard InChI is InChI=1S/C38H71NO8/c1-6-8-10-12-14-15-16-17-18-19-20-21-23-25-27-29-36(41)47-34(32-45-35(40)28-26-24-22-13-11-9-7-2)33-46-38(37(42)43)44-31-30-39(3,4)5/h17-18,34,38H,6-16,19-33H2,1-5H3/p+1/b18-17-. The molecule has 0 fully saturated rings. The molecule has 2 atom stereocenters. The van der Waals surface area contributed by atoms with Gasteiger partial charge in [-0.15, -0.1) is 0 Å². The van der Waals surface area contributed by atoms with E-state index in [9.17, 15) is 19.5 Å². The summed E-state index contributed by atoms with van der Waals surface area (Å²) in [4.78, 5) is 36.7. The molecule has 0 rings (SSSR count). The minimum atomic E-state index is -1.50. The zero-order valence-electron chi connectivity index (χ0n) is 30.9. The Morgan fingerprint density at radius 2 is 1.09 bits per heavy atom. The van der Waals surface area contributed by atoms with Gasteiger partial charge in [-0.3, -0.25) is 9.59 Å². The van der Waals surface area contributed by atoms with Crippen molar-refractivity contribution in [1.29, 1.82) is 0 Å². The van der Waals surface area contributed by atoms with Gasteiger partial charge in [-0.1, -0.05) is 116 Å². The summed E-state index contributed by atoms with van der Waals surface area (Å²) < 4.78 is 22.5. The van der Waals surface area contributed by atoms with Gasteiger partial charge in [0.1, 0.15) is 13.2 Å². The number of carboxylic acid groups (broad SMARTS) is 1. The Bertz CT molecular complexity index is 795. The highest BCUT2D eigenvalue weighted by Crippen LogP contribution is 2.13. The number of aliphatic carboxylic acids is 1. The molecule has 0 radical (unpaired) electrons. The monoisotopic (exact) mass is 671 g/mol. The molecule has 0 heterocycles. The molecule has 0 spiro atoms. The van der Waals surface area contributed by atoms with E-state index < -0.39 is 24.3 Å². The Labute approximate surface area is 287 Å². The summed E-state index contributed by atoms with van der Waals surface area (Å²) in [5.74, 6) is -2.02. The fourth-order valence-electron chi connectivity index (χ4n) is 5.00. The molecule has 0 saturated heterocycles. The van der Waals surface area contributed by atoms with E-state index in [0.29, 0.717) is 23.9 Å². The van der Waals surface area contributed by atoms with E-state index in [-0.39, 0.29) is 32.2 Å². The van der Waals surface area contributed by atoms with Crippen molar-refractivity contribution in [2.75, 3.05) is 47.5 Å². The number of nitrogens with zero attached hydrogens (tertiary/aromatic N) is 1. The summed E-state index contributed by atoms with van der Waals surface area (Å²) in [7, 11) is 5.94. The minimum Gasteiger partial charge on any atom is -0.477 e. The van der Waals surface area contributed by atoms with Crippen molar-refractivity contribution in [2.24, 2.45) is 0 Å². The third-order valence-corrected chi connectivity index (χ3v) is 8.02. The molecular weight excluding hydrogens is 598 g/mol. The van der Waals surface area contributed by atoms with Gasteiger partial charge in [0, 0.05) is 12.8 Å². The fourth-order valence-corrected chi connectivity index (χ4v) is 5.00. The molecule has 0 amide bonds. The highest BCUT2D eigenvalue weighted by Gasteiger charge is 2.25. The van der Waals surface area contributed by atoms with Gasteiger partial charge in [-0.05, 0) is 38.5 Å². The molecule has 9 heteroatoms. The number of carbonyl (C=O) groups excluding carboxylic acids is 2. The van der Waals surface area contributed by atoms with Gasteiger partial charge in [0.05, 0.1) is 34.4 Å². The predicted molar refractivity (Wildman–Crippen MR) is 189 cm³/mol. The summed E-state index contributed by atoms with van der Waals surface area (Å²) in [5, 5.41) is 9.55. The largest absolute Gasteiger partial charge is 0.477 e. The smallest absolute Gasteiger partial charge is 0.361 e. The van der Waals surface area contributed by atoms with Crippen LogP contribution < -0.4 is 0 Å². The summed E-state index contributed by atoms with van der Waals surface area (Å²) in [6.07, 6.45) is 25.7. The lowest BCUT2D eigenvalue weighted by Crippen LogP contribution is -2.40. The second-order valence-electron chi connectivity index (χ2n) is 13.9. The number of hydrogen-bond acceptors (Lipinski definition) is 7. The van der Waals surface area contributed by atoms with Crippen LogP contribution in [0.1, 0.15) is 155 Å². The lowest BCUT2D eigenvalue weighted by atomic mass is 10.1. The van der Waals surface area contributed by atoms with Crippen molar-refractivity contribution >= 4 is 17.9 Å². The van der Waals surface area contributed by atoms with Crippen molar-refractivity contribution in [3.8, 4) is 0 Å². The van der Waals surface area contributed by atoms with Crippen molar-refractivity contribution in [3.05, 3.63) is 12.2 Å². The average Bonchev–Trinajstić information content (AvgIpc) is 3.02. The Balaban J connectivity index is 4.50. The van der Waals surface area contributed by atoms with Crippen LogP contribution in [0.5, 0.6) is 0 Å².